The molecule has 0 aliphatic carbocycles. The van der Waals surface area contributed by atoms with Crippen molar-refractivity contribution in [1.82, 2.24) is 0 Å². The van der Waals surface area contributed by atoms with Crippen LogP contribution in [-0.2, 0) is 6.61 Å². The Morgan fingerprint density at radius 3 is 2.55 bits per heavy atom. The minimum absolute atomic E-state index is 0.111. The number of halogens is 2. The molecule has 0 aliphatic rings. The van der Waals surface area contributed by atoms with Crippen molar-refractivity contribution >= 4 is 16.7 Å². The lowest BCUT2D eigenvalue weighted by atomic mass is 10.00. The van der Waals surface area contributed by atoms with E-state index >= 15 is 0 Å². The van der Waals surface area contributed by atoms with Crippen molar-refractivity contribution in [2.45, 2.75) is 26.5 Å². The highest BCUT2D eigenvalue weighted by Crippen LogP contribution is 2.31. The molecule has 158 valence electrons. The van der Waals surface area contributed by atoms with Gasteiger partial charge in [-0.25, -0.2) is 8.78 Å². The lowest BCUT2D eigenvalue weighted by Crippen LogP contribution is -2.11. The van der Waals surface area contributed by atoms with Crippen molar-refractivity contribution in [2.24, 2.45) is 0 Å². The zero-order valence-electron chi connectivity index (χ0n) is 17.1. The second-order valence-electron chi connectivity index (χ2n) is 7.52. The van der Waals surface area contributed by atoms with Crippen LogP contribution in [0.3, 0.4) is 0 Å². The Hall–Kier alpha value is -3.51. The molecular weight excluding hydrogens is 400 g/mol. The lowest BCUT2D eigenvalue weighted by Gasteiger charge is -2.20. The highest BCUT2D eigenvalue weighted by Gasteiger charge is 2.17. The molecule has 2 N–H and O–H groups in total. The Balaban J connectivity index is 1.85. The summed E-state index contributed by atoms with van der Waals surface area (Å²) in [6.07, 6.45) is 0. The summed E-state index contributed by atoms with van der Waals surface area (Å²) in [6, 6.07) is 15.5. The van der Waals surface area contributed by atoms with Crippen LogP contribution in [0.1, 0.15) is 29.7 Å². The van der Waals surface area contributed by atoms with E-state index in [0.29, 0.717) is 11.0 Å². The SMILES string of the molecule is Cc1cc([C@@H](C)Nc2ccccc2CO)c2oc(-c3ccc(F)c(F)c3)cc(=O)c2c1. The molecule has 1 aromatic heterocycles. The van der Waals surface area contributed by atoms with Crippen LogP contribution in [0.2, 0.25) is 0 Å². The summed E-state index contributed by atoms with van der Waals surface area (Å²) in [5.74, 6) is -1.83. The van der Waals surface area contributed by atoms with Gasteiger partial charge in [0.15, 0.2) is 17.1 Å². The maximum atomic E-state index is 13.7. The largest absolute Gasteiger partial charge is 0.455 e. The van der Waals surface area contributed by atoms with Crippen molar-refractivity contribution in [3.63, 3.8) is 0 Å². The molecular formula is C25H21F2NO3. The molecule has 0 unspecified atom stereocenters. The van der Waals surface area contributed by atoms with Gasteiger partial charge >= 0.3 is 0 Å². The van der Waals surface area contributed by atoms with Crippen LogP contribution in [0.5, 0.6) is 0 Å². The summed E-state index contributed by atoms with van der Waals surface area (Å²) in [5.41, 5.74) is 3.52. The normalized spacial score (nSPS) is 12.2. The van der Waals surface area contributed by atoms with Crippen molar-refractivity contribution in [3.05, 3.63) is 99.2 Å². The highest BCUT2D eigenvalue weighted by atomic mass is 19.2. The van der Waals surface area contributed by atoms with Gasteiger partial charge in [0, 0.05) is 28.4 Å². The van der Waals surface area contributed by atoms with E-state index in [2.05, 4.69) is 5.32 Å². The summed E-state index contributed by atoms with van der Waals surface area (Å²) in [4.78, 5) is 12.8. The van der Waals surface area contributed by atoms with E-state index in [1.165, 1.54) is 12.1 Å². The number of fused-ring (bicyclic) bond motifs is 1. The lowest BCUT2D eigenvalue weighted by molar-refractivity contribution is 0.282. The fourth-order valence-corrected chi connectivity index (χ4v) is 3.66. The molecule has 6 heteroatoms. The predicted octanol–water partition coefficient (Wildman–Crippen LogP) is 5.71. The van der Waals surface area contributed by atoms with Gasteiger partial charge in [-0.1, -0.05) is 24.3 Å². The minimum Gasteiger partial charge on any atom is -0.455 e. The Morgan fingerprint density at radius 1 is 1.03 bits per heavy atom. The first-order valence-corrected chi connectivity index (χ1v) is 9.86. The van der Waals surface area contributed by atoms with Crippen LogP contribution in [0.25, 0.3) is 22.3 Å². The first-order chi connectivity index (χ1) is 14.9. The third-order valence-corrected chi connectivity index (χ3v) is 5.23. The van der Waals surface area contributed by atoms with E-state index < -0.39 is 11.6 Å². The molecule has 4 aromatic rings. The zero-order valence-corrected chi connectivity index (χ0v) is 17.1. The smallest absolute Gasteiger partial charge is 0.193 e. The molecule has 0 bridgehead atoms. The van der Waals surface area contributed by atoms with Crippen LogP contribution in [0, 0.1) is 18.6 Å². The summed E-state index contributed by atoms with van der Waals surface area (Å²) < 4.78 is 33.1. The topological polar surface area (TPSA) is 62.5 Å². The van der Waals surface area contributed by atoms with Gasteiger partial charge in [-0.2, -0.15) is 0 Å². The number of nitrogens with one attached hydrogen (secondary N) is 1. The molecule has 4 rings (SSSR count). The average molecular weight is 421 g/mol. The van der Waals surface area contributed by atoms with Gasteiger partial charge < -0.3 is 14.8 Å². The van der Waals surface area contributed by atoms with Crippen molar-refractivity contribution in [2.75, 3.05) is 5.32 Å². The molecule has 0 saturated heterocycles. The summed E-state index contributed by atoms with van der Waals surface area (Å²) in [6.45, 7) is 3.70. The van der Waals surface area contributed by atoms with Crippen LogP contribution >= 0.6 is 0 Å². The van der Waals surface area contributed by atoms with Crippen LogP contribution in [0.15, 0.2) is 69.9 Å². The van der Waals surface area contributed by atoms with Crippen molar-refractivity contribution < 1.29 is 18.3 Å². The Morgan fingerprint density at radius 2 is 1.81 bits per heavy atom. The van der Waals surface area contributed by atoms with Gasteiger partial charge in [-0.3, -0.25) is 4.79 Å². The number of hydrogen-bond acceptors (Lipinski definition) is 4. The number of aliphatic hydroxyl groups is 1. The monoisotopic (exact) mass is 421 g/mol. The van der Waals surface area contributed by atoms with E-state index in [1.54, 1.807) is 6.07 Å². The van der Waals surface area contributed by atoms with Gasteiger partial charge in [0.1, 0.15) is 11.3 Å². The predicted molar refractivity (Wildman–Crippen MR) is 117 cm³/mol. The fourth-order valence-electron chi connectivity index (χ4n) is 3.66. The van der Waals surface area contributed by atoms with Gasteiger partial charge in [0.2, 0.25) is 0 Å². The minimum atomic E-state index is -1.01. The Bertz CT molecular complexity index is 1330. The van der Waals surface area contributed by atoms with Gasteiger partial charge in [0.25, 0.3) is 0 Å². The molecule has 31 heavy (non-hydrogen) atoms. The first-order valence-electron chi connectivity index (χ1n) is 9.86. The quantitative estimate of drug-likeness (QED) is 0.433. The zero-order chi connectivity index (χ0) is 22.1. The molecule has 0 saturated carbocycles. The maximum absolute atomic E-state index is 13.7. The third-order valence-electron chi connectivity index (χ3n) is 5.23. The number of hydrogen-bond donors (Lipinski definition) is 2. The maximum Gasteiger partial charge on any atom is 0.193 e. The summed E-state index contributed by atoms with van der Waals surface area (Å²) in [5, 5.41) is 13.4. The van der Waals surface area contributed by atoms with E-state index in [9.17, 15) is 18.7 Å². The van der Waals surface area contributed by atoms with E-state index in [4.69, 9.17) is 4.42 Å². The standard InChI is InChI=1S/C25H21F2NO3/c1-14-9-18(15(2)28-22-6-4-3-5-17(22)13-29)25-19(10-14)23(30)12-24(31-25)16-7-8-20(26)21(27)11-16/h3-12,15,28-29H,13H2,1-2H3/t15-/m1/s1. The van der Waals surface area contributed by atoms with Crippen LogP contribution < -0.4 is 10.7 Å². The molecule has 1 heterocycles. The molecule has 4 nitrogen and oxygen atoms in total. The molecule has 0 amide bonds. The molecule has 0 aliphatic heterocycles. The van der Waals surface area contributed by atoms with Crippen LogP contribution in [-0.4, -0.2) is 5.11 Å². The fraction of sp³-hybridized carbons (Fsp3) is 0.160. The molecule has 0 spiro atoms. The van der Waals surface area contributed by atoms with E-state index in [1.807, 2.05) is 44.2 Å². The second-order valence-corrected chi connectivity index (χ2v) is 7.52. The number of benzene rings is 3. The highest BCUT2D eigenvalue weighted by molar-refractivity contribution is 5.83. The Kier molecular flexibility index (Phi) is 5.57. The Labute approximate surface area is 177 Å². The van der Waals surface area contributed by atoms with Gasteiger partial charge in [-0.05, 0) is 49.7 Å². The average Bonchev–Trinajstić information content (AvgIpc) is 2.76. The summed E-state index contributed by atoms with van der Waals surface area (Å²) in [7, 11) is 0. The molecule has 1 atom stereocenters. The number of para-hydroxylation sites is 1. The number of aryl methyl sites for hydroxylation is 1. The number of aliphatic hydroxyl groups excluding tert-OH is 1. The number of rotatable bonds is 5. The van der Waals surface area contributed by atoms with Crippen molar-refractivity contribution in [1.29, 1.82) is 0 Å². The number of anilines is 1. The molecule has 3 aromatic carbocycles. The van der Waals surface area contributed by atoms with Gasteiger partial charge in [-0.15, -0.1) is 0 Å². The summed E-state index contributed by atoms with van der Waals surface area (Å²) >= 11 is 0. The van der Waals surface area contributed by atoms with E-state index in [-0.39, 0.29) is 29.4 Å². The first kappa shape index (κ1) is 20.8. The van der Waals surface area contributed by atoms with Crippen molar-refractivity contribution in [3.8, 4) is 11.3 Å². The van der Waals surface area contributed by atoms with E-state index in [0.717, 1.165) is 34.5 Å². The molecule has 0 fully saturated rings. The molecule has 0 radical (unpaired) electrons. The third kappa shape index (κ3) is 4.07. The van der Waals surface area contributed by atoms with Crippen LogP contribution in [0.4, 0.5) is 14.5 Å². The van der Waals surface area contributed by atoms with Gasteiger partial charge in [0.05, 0.1) is 18.0 Å². The second kappa shape index (κ2) is 8.32.